The lowest BCUT2D eigenvalue weighted by Crippen LogP contribution is -2.14. The molecule has 1 atom stereocenters. The number of hydrogen-bond acceptors (Lipinski definition) is 3. The molecule has 1 unspecified atom stereocenters. The van der Waals surface area contributed by atoms with Crippen LogP contribution >= 0.6 is 0 Å². The van der Waals surface area contributed by atoms with E-state index in [1.54, 1.807) is 6.20 Å². The molecule has 2 aromatic rings. The van der Waals surface area contributed by atoms with Crippen molar-refractivity contribution in [3.05, 3.63) is 47.5 Å². The van der Waals surface area contributed by atoms with E-state index in [9.17, 15) is 0 Å². The van der Waals surface area contributed by atoms with Crippen molar-refractivity contribution in [3.8, 4) is 5.75 Å². The smallest absolute Gasteiger partial charge is 0.146 e. The highest BCUT2D eigenvalue weighted by Gasteiger charge is 2.11. The zero-order valence-corrected chi connectivity index (χ0v) is 12.0. The van der Waals surface area contributed by atoms with Gasteiger partial charge in [-0.15, -0.1) is 0 Å². The molecular formula is C15H21N3O. The van der Waals surface area contributed by atoms with Gasteiger partial charge in [0.2, 0.25) is 0 Å². The summed E-state index contributed by atoms with van der Waals surface area (Å²) in [5, 5.41) is 3.25. The quantitative estimate of drug-likeness (QED) is 0.897. The largest absolute Gasteiger partial charge is 0.485 e. The van der Waals surface area contributed by atoms with Crippen LogP contribution in [0.15, 0.2) is 30.6 Å². The fourth-order valence-electron chi connectivity index (χ4n) is 1.97. The number of imidazole rings is 1. The van der Waals surface area contributed by atoms with Crippen molar-refractivity contribution in [3.63, 3.8) is 0 Å². The van der Waals surface area contributed by atoms with Crippen LogP contribution in [-0.2, 0) is 13.7 Å². The minimum atomic E-state index is 0.260. The first-order valence-electron chi connectivity index (χ1n) is 6.48. The van der Waals surface area contributed by atoms with Gasteiger partial charge < -0.3 is 14.6 Å². The number of hydrogen-bond donors (Lipinski definition) is 1. The molecule has 0 aliphatic rings. The third-order valence-corrected chi connectivity index (χ3v) is 3.34. The Bertz CT molecular complexity index is 548. The van der Waals surface area contributed by atoms with Gasteiger partial charge in [-0.25, -0.2) is 4.98 Å². The number of nitrogens with zero attached hydrogens (tertiary/aromatic N) is 2. The summed E-state index contributed by atoms with van der Waals surface area (Å²) in [4.78, 5) is 4.27. The minimum Gasteiger partial charge on any atom is -0.485 e. The van der Waals surface area contributed by atoms with Crippen LogP contribution in [0, 0.1) is 6.92 Å². The average Bonchev–Trinajstić information content (AvgIpc) is 2.82. The summed E-state index contributed by atoms with van der Waals surface area (Å²) < 4.78 is 7.88. The van der Waals surface area contributed by atoms with Crippen LogP contribution < -0.4 is 10.1 Å². The normalized spacial score (nSPS) is 12.4. The van der Waals surface area contributed by atoms with Crippen LogP contribution in [0.25, 0.3) is 0 Å². The van der Waals surface area contributed by atoms with Gasteiger partial charge in [0.05, 0.1) is 0 Å². The number of nitrogens with one attached hydrogen (secondary N) is 1. The molecule has 1 aromatic carbocycles. The van der Waals surface area contributed by atoms with E-state index < -0.39 is 0 Å². The van der Waals surface area contributed by atoms with Crippen molar-refractivity contribution in [1.82, 2.24) is 14.9 Å². The maximum absolute atomic E-state index is 5.92. The van der Waals surface area contributed by atoms with Gasteiger partial charge in [-0.3, -0.25) is 0 Å². The van der Waals surface area contributed by atoms with E-state index in [-0.39, 0.29) is 6.04 Å². The van der Waals surface area contributed by atoms with E-state index >= 15 is 0 Å². The summed E-state index contributed by atoms with van der Waals surface area (Å²) >= 11 is 0. The molecule has 1 N–H and O–H groups in total. The molecule has 102 valence electrons. The number of rotatable bonds is 5. The second kappa shape index (κ2) is 5.89. The van der Waals surface area contributed by atoms with Crippen molar-refractivity contribution in [2.75, 3.05) is 7.05 Å². The van der Waals surface area contributed by atoms with Crippen LogP contribution in [-0.4, -0.2) is 16.6 Å². The Kier molecular flexibility index (Phi) is 4.22. The molecule has 2 rings (SSSR count). The summed E-state index contributed by atoms with van der Waals surface area (Å²) in [6, 6.07) is 6.52. The zero-order valence-electron chi connectivity index (χ0n) is 12.0. The molecule has 0 fully saturated rings. The molecule has 0 bridgehead atoms. The summed E-state index contributed by atoms with van der Waals surface area (Å²) in [7, 11) is 3.92. The second-order valence-corrected chi connectivity index (χ2v) is 4.79. The van der Waals surface area contributed by atoms with Gasteiger partial charge in [0, 0.05) is 31.0 Å². The SMILES string of the molecule is CNC(C)c1cc(C)ccc1OCc1nccn1C. The molecule has 4 heteroatoms. The van der Waals surface area contributed by atoms with Gasteiger partial charge in [0.15, 0.2) is 0 Å². The highest BCUT2D eigenvalue weighted by atomic mass is 16.5. The molecule has 0 saturated heterocycles. The lowest BCUT2D eigenvalue weighted by atomic mass is 10.0. The summed E-state index contributed by atoms with van der Waals surface area (Å²) in [6.07, 6.45) is 3.70. The molecule has 0 radical (unpaired) electrons. The Morgan fingerprint density at radius 1 is 1.42 bits per heavy atom. The number of aryl methyl sites for hydroxylation is 2. The Balaban J connectivity index is 2.18. The summed E-state index contributed by atoms with van der Waals surface area (Å²) in [5.74, 6) is 1.83. The Labute approximate surface area is 114 Å². The molecule has 1 heterocycles. The summed E-state index contributed by atoms with van der Waals surface area (Å²) in [5.41, 5.74) is 2.41. The van der Waals surface area contributed by atoms with E-state index in [2.05, 4.69) is 36.3 Å². The van der Waals surface area contributed by atoms with Crippen LogP contribution in [0.2, 0.25) is 0 Å². The van der Waals surface area contributed by atoms with Gasteiger partial charge in [-0.2, -0.15) is 0 Å². The van der Waals surface area contributed by atoms with Gasteiger partial charge in [-0.05, 0) is 27.0 Å². The number of ether oxygens (including phenoxy) is 1. The standard InChI is InChI=1S/C15H21N3O/c1-11-5-6-14(13(9-11)12(2)16-3)19-10-15-17-7-8-18(15)4/h5-9,12,16H,10H2,1-4H3. The Morgan fingerprint density at radius 2 is 2.21 bits per heavy atom. The molecule has 0 amide bonds. The van der Waals surface area contributed by atoms with Crippen molar-refractivity contribution >= 4 is 0 Å². The van der Waals surface area contributed by atoms with Crippen LogP contribution in [0.3, 0.4) is 0 Å². The first kappa shape index (κ1) is 13.6. The van der Waals surface area contributed by atoms with Crippen molar-refractivity contribution < 1.29 is 4.74 Å². The maximum atomic E-state index is 5.92. The summed E-state index contributed by atoms with van der Waals surface area (Å²) in [6.45, 7) is 4.70. The molecule has 4 nitrogen and oxygen atoms in total. The van der Waals surface area contributed by atoms with Gasteiger partial charge in [0.1, 0.15) is 18.2 Å². The van der Waals surface area contributed by atoms with Crippen LogP contribution in [0.5, 0.6) is 5.75 Å². The van der Waals surface area contributed by atoms with E-state index in [0.717, 1.165) is 11.6 Å². The third kappa shape index (κ3) is 3.15. The second-order valence-electron chi connectivity index (χ2n) is 4.79. The molecule has 0 aliphatic heterocycles. The lowest BCUT2D eigenvalue weighted by molar-refractivity contribution is 0.286. The lowest BCUT2D eigenvalue weighted by Gasteiger charge is -2.17. The Morgan fingerprint density at radius 3 is 2.84 bits per heavy atom. The average molecular weight is 259 g/mol. The topological polar surface area (TPSA) is 39.1 Å². The highest BCUT2D eigenvalue weighted by molar-refractivity contribution is 5.39. The van der Waals surface area contributed by atoms with E-state index in [1.165, 1.54) is 11.1 Å². The maximum Gasteiger partial charge on any atom is 0.146 e. The number of benzene rings is 1. The highest BCUT2D eigenvalue weighted by Crippen LogP contribution is 2.26. The molecule has 1 aromatic heterocycles. The van der Waals surface area contributed by atoms with Crippen LogP contribution in [0.1, 0.15) is 29.9 Å². The first-order chi connectivity index (χ1) is 9.11. The van der Waals surface area contributed by atoms with Crippen molar-refractivity contribution in [2.45, 2.75) is 26.5 Å². The van der Waals surface area contributed by atoms with Crippen LogP contribution in [0.4, 0.5) is 0 Å². The molecule has 0 aliphatic carbocycles. The van der Waals surface area contributed by atoms with Gasteiger partial charge in [0.25, 0.3) is 0 Å². The fraction of sp³-hybridized carbons (Fsp3) is 0.400. The predicted octanol–water partition coefficient (Wildman–Crippen LogP) is 2.59. The zero-order chi connectivity index (χ0) is 13.8. The molecule has 19 heavy (non-hydrogen) atoms. The number of aromatic nitrogens is 2. The predicted molar refractivity (Wildman–Crippen MR) is 76.2 cm³/mol. The van der Waals surface area contributed by atoms with Gasteiger partial charge in [-0.1, -0.05) is 17.7 Å². The monoisotopic (exact) mass is 259 g/mol. The van der Waals surface area contributed by atoms with E-state index in [1.807, 2.05) is 30.9 Å². The minimum absolute atomic E-state index is 0.260. The molecular weight excluding hydrogens is 238 g/mol. The molecule has 0 saturated carbocycles. The fourth-order valence-corrected chi connectivity index (χ4v) is 1.97. The first-order valence-corrected chi connectivity index (χ1v) is 6.48. The Hall–Kier alpha value is -1.81. The van der Waals surface area contributed by atoms with Crippen molar-refractivity contribution in [2.24, 2.45) is 7.05 Å². The van der Waals surface area contributed by atoms with E-state index in [0.29, 0.717) is 6.61 Å². The van der Waals surface area contributed by atoms with E-state index in [4.69, 9.17) is 4.74 Å². The third-order valence-electron chi connectivity index (χ3n) is 3.34. The molecule has 0 spiro atoms. The van der Waals surface area contributed by atoms with Gasteiger partial charge >= 0.3 is 0 Å². The van der Waals surface area contributed by atoms with Crippen molar-refractivity contribution in [1.29, 1.82) is 0 Å².